The van der Waals surface area contributed by atoms with Crippen LogP contribution in [0, 0.1) is 13.8 Å². The van der Waals surface area contributed by atoms with E-state index in [9.17, 15) is 0 Å². The Balaban J connectivity index is 1.76. The Kier molecular flexibility index (Phi) is 9.36. The van der Waals surface area contributed by atoms with Crippen molar-refractivity contribution in [3.05, 3.63) is 15.6 Å². The molecule has 0 spiro atoms. The van der Waals surface area contributed by atoms with Crippen LogP contribution in [0.25, 0.3) is 0 Å². The second-order valence-electron chi connectivity index (χ2n) is 6.86. The molecule has 1 aliphatic heterocycles. The van der Waals surface area contributed by atoms with Crippen molar-refractivity contribution in [2.75, 3.05) is 46.4 Å². The number of piperidine rings is 1. The van der Waals surface area contributed by atoms with Gasteiger partial charge >= 0.3 is 0 Å². The molecule has 0 radical (unpaired) electrons. The topological polar surface area (TPSA) is 61.8 Å². The zero-order chi connectivity index (χ0) is 18.8. The summed E-state index contributed by atoms with van der Waals surface area (Å²) in [4.78, 5) is 13.2. The summed E-state index contributed by atoms with van der Waals surface area (Å²) in [6, 6.07) is 0.513. The van der Waals surface area contributed by atoms with Crippen molar-refractivity contribution in [1.29, 1.82) is 0 Å². The number of hydrogen-bond acceptors (Lipinski definition) is 5. The number of rotatable bonds is 9. The van der Waals surface area contributed by atoms with Crippen LogP contribution in [-0.4, -0.2) is 68.3 Å². The fourth-order valence-corrected chi connectivity index (χ4v) is 4.25. The van der Waals surface area contributed by atoms with E-state index in [2.05, 4.69) is 41.3 Å². The Morgan fingerprint density at radius 2 is 2.12 bits per heavy atom. The van der Waals surface area contributed by atoms with E-state index in [4.69, 9.17) is 9.73 Å². The van der Waals surface area contributed by atoms with Crippen LogP contribution < -0.4 is 10.6 Å². The maximum Gasteiger partial charge on any atom is 0.191 e. The van der Waals surface area contributed by atoms with Gasteiger partial charge in [0.2, 0.25) is 0 Å². The first-order valence-corrected chi connectivity index (χ1v) is 10.6. The zero-order valence-electron chi connectivity index (χ0n) is 16.8. The summed E-state index contributed by atoms with van der Waals surface area (Å²) in [5.74, 6) is 0.948. The fraction of sp³-hybridized carbons (Fsp3) is 0.789. The molecule has 7 heteroatoms. The number of nitrogens with one attached hydrogen (secondary N) is 2. The molecule has 26 heavy (non-hydrogen) atoms. The van der Waals surface area contributed by atoms with Crippen LogP contribution in [0.4, 0.5) is 0 Å². The highest BCUT2D eigenvalue weighted by molar-refractivity contribution is 7.11. The van der Waals surface area contributed by atoms with Gasteiger partial charge in [0, 0.05) is 63.8 Å². The third-order valence-corrected chi connectivity index (χ3v) is 5.84. The molecule has 2 heterocycles. The third kappa shape index (κ3) is 7.21. The summed E-state index contributed by atoms with van der Waals surface area (Å²) < 4.78 is 5.15. The standard InChI is InChI=1S/C19H35N5OS/c1-5-20-19(21-10-7-18-15(2)22-16(3)26-18)23-17-8-12-24(13-9-17)11-6-14-25-4/h17H,5-14H2,1-4H3,(H2,20,21,23). The minimum Gasteiger partial charge on any atom is -0.385 e. The van der Waals surface area contributed by atoms with E-state index in [0.717, 1.165) is 68.8 Å². The normalized spacial score (nSPS) is 16.8. The number of aryl methyl sites for hydroxylation is 2. The molecule has 2 N–H and O–H groups in total. The summed E-state index contributed by atoms with van der Waals surface area (Å²) >= 11 is 1.79. The fourth-order valence-electron chi connectivity index (χ4n) is 3.32. The first-order valence-electron chi connectivity index (χ1n) is 9.81. The molecule has 6 nitrogen and oxygen atoms in total. The van der Waals surface area contributed by atoms with Crippen molar-refractivity contribution in [2.45, 2.75) is 52.5 Å². The minimum atomic E-state index is 0.513. The van der Waals surface area contributed by atoms with E-state index in [1.54, 1.807) is 18.4 Å². The van der Waals surface area contributed by atoms with Gasteiger partial charge in [-0.1, -0.05) is 0 Å². The highest BCUT2D eigenvalue weighted by Gasteiger charge is 2.19. The molecular formula is C19H35N5OS. The van der Waals surface area contributed by atoms with Crippen LogP contribution in [0.2, 0.25) is 0 Å². The molecule has 148 valence electrons. The quantitative estimate of drug-likeness (QED) is 0.391. The molecule has 0 amide bonds. The monoisotopic (exact) mass is 381 g/mol. The number of ether oxygens (including phenoxy) is 1. The molecule has 0 unspecified atom stereocenters. The maximum absolute atomic E-state index is 5.15. The molecule has 1 saturated heterocycles. The smallest absolute Gasteiger partial charge is 0.191 e. The van der Waals surface area contributed by atoms with E-state index >= 15 is 0 Å². The molecule has 0 atom stereocenters. The second-order valence-corrected chi connectivity index (χ2v) is 8.15. The molecule has 2 rings (SSSR count). The predicted molar refractivity (Wildman–Crippen MR) is 110 cm³/mol. The maximum atomic E-state index is 5.15. The largest absolute Gasteiger partial charge is 0.385 e. The molecule has 0 aliphatic carbocycles. The van der Waals surface area contributed by atoms with Gasteiger partial charge in [-0.05, 0) is 40.0 Å². The third-order valence-electron chi connectivity index (χ3n) is 4.70. The van der Waals surface area contributed by atoms with Gasteiger partial charge in [-0.3, -0.25) is 4.99 Å². The van der Waals surface area contributed by atoms with Crippen LogP contribution in [0.5, 0.6) is 0 Å². The predicted octanol–water partition coefficient (Wildman–Crippen LogP) is 2.36. The number of hydrogen-bond donors (Lipinski definition) is 2. The number of methoxy groups -OCH3 is 1. The van der Waals surface area contributed by atoms with Gasteiger partial charge in [0.1, 0.15) is 0 Å². The molecule has 1 aliphatic rings. The molecule has 0 saturated carbocycles. The van der Waals surface area contributed by atoms with Gasteiger partial charge < -0.3 is 20.3 Å². The van der Waals surface area contributed by atoms with Crippen LogP contribution in [0.1, 0.15) is 41.8 Å². The molecular weight excluding hydrogens is 346 g/mol. The van der Waals surface area contributed by atoms with E-state index in [1.165, 1.54) is 17.7 Å². The lowest BCUT2D eigenvalue weighted by molar-refractivity contribution is 0.155. The number of nitrogens with zero attached hydrogens (tertiary/aromatic N) is 3. The summed E-state index contributed by atoms with van der Waals surface area (Å²) in [7, 11) is 1.77. The second kappa shape index (κ2) is 11.5. The van der Waals surface area contributed by atoms with E-state index in [1.807, 2.05) is 0 Å². The summed E-state index contributed by atoms with van der Waals surface area (Å²) in [5.41, 5.74) is 1.15. The van der Waals surface area contributed by atoms with Crippen molar-refractivity contribution >= 4 is 17.3 Å². The van der Waals surface area contributed by atoms with Crippen LogP contribution in [-0.2, 0) is 11.2 Å². The molecule has 1 aromatic rings. The SMILES string of the molecule is CCNC(=NCCc1sc(C)nc1C)NC1CCN(CCCOC)CC1. The van der Waals surface area contributed by atoms with Crippen molar-refractivity contribution in [2.24, 2.45) is 4.99 Å². The van der Waals surface area contributed by atoms with Gasteiger partial charge in [0.25, 0.3) is 0 Å². The van der Waals surface area contributed by atoms with E-state index in [-0.39, 0.29) is 0 Å². The lowest BCUT2D eigenvalue weighted by Crippen LogP contribution is -2.49. The lowest BCUT2D eigenvalue weighted by Gasteiger charge is -2.33. The van der Waals surface area contributed by atoms with Gasteiger partial charge in [0.05, 0.1) is 10.7 Å². The highest BCUT2D eigenvalue weighted by atomic mass is 32.1. The Labute approximate surface area is 162 Å². The highest BCUT2D eigenvalue weighted by Crippen LogP contribution is 2.17. The van der Waals surface area contributed by atoms with E-state index < -0.39 is 0 Å². The number of aromatic nitrogens is 1. The molecule has 1 aromatic heterocycles. The zero-order valence-corrected chi connectivity index (χ0v) is 17.6. The Morgan fingerprint density at radius 1 is 1.35 bits per heavy atom. The van der Waals surface area contributed by atoms with Crippen molar-refractivity contribution < 1.29 is 4.74 Å². The average Bonchev–Trinajstić information content (AvgIpc) is 2.94. The van der Waals surface area contributed by atoms with Crippen LogP contribution in [0.15, 0.2) is 4.99 Å². The summed E-state index contributed by atoms with van der Waals surface area (Å²) in [5, 5.41) is 8.15. The Morgan fingerprint density at radius 3 is 2.73 bits per heavy atom. The van der Waals surface area contributed by atoms with Crippen molar-refractivity contribution in [1.82, 2.24) is 20.5 Å². The number of likely N-dealkylation sites (tertiary alicyclic amines) is 1. The van der Waals surface area contributed by atoms with E-state index in [0.29, 0.717) is 6.04 Å². The van der Waals surface area contributed by atoms with Gasteiger partial charge in [-0.15, -0.1) is 11.3 Å². The van der Waals surface area contributed by atoms with Crippen molar-refractivity contribution in [3.8, 4) is 0 Å². The van der Waals surface area contributed by atoms with Gasteiger partial charge in [-0.25, -0.2) is 4.98 Å². The van der Waals surface area contributed by atoms with Crippen LogP contribution >= 0.6 is 11.3 Å². The van der Waals surface area contributed by atoms with Gasteiger partial charge in [0.15, 0.2) is 5.96 Å². The minimum absolute atomic E-state index is 0.513. The molecule has 0 bridgehead atoms. The van der Waals surface area contributed by atoms with Crippen LogP contribution in [0.3, 0.4) is 0 Å². The van der Waals surface area contributed by atoms with Crippen molar-refractivity contribution in [3.63, 3.8) is 0 Å². The Bertz CT molecular complexity index is 552. The first kappa shape index (κ1) is 21.1. The average molecular weight is 382 g/mol. The first-order chi connectivity index (χ1) is 12.6. The van der Waals surface area contributed by atoms with Gasteiger partial charge in [-0.2, -0.15) is 0 Å². The number of thiazole rings is 1. The molecule has 1 fully saturated rings. The summed E-state index contributed by atoms with van der Waals surface area (Å²) in [6.45, 7) is 12.3. The number of aliphatic imine (C=N–C) groups is 1. The molecule has 0 aromatic carbocycles. The Hall–Kier alpha value is -1.18. The lowest BCUT2D eigenvalue weighted by atomic mass is 10.1. The number of guanidine groups is 1. The summed E-state index contributed by atoms with van der Waals surface area (Å²) in [6.07, 6.45) is 4.43.